The molecule has 25 heavy (non-hydrogen) atoms. The number of nitrogens with zero attached hydrogens (tertiary/aromatic N) is 1. The second-order valence-corrected chi connectivity index (χ2v) is 6.47. The van der Waals surface area contributed by atoms with E-state index in [0.717, 1.165) is 33.8 Å². The van der Waals surface area contributed by atoms with E-state index in [0.29, 0.717) is 6.61 Å². The third kappa shape index (κ3) is 3.54. The van der Waals surface area contributed by atoms with Gasteiger partial charge in [-0.1, -0.05) is 60.1 Å². The van der Waals surface area contributed by atoms with Gasteiger partial charge in [0, 0.05) is 23.2 Å². The van der Waals surface area contributed by atoms with Crippen molar-refractivity contribution in [3.8, 4) is 5.75 Å². The average Bonchev–Trinajstić information content (AvgIpc) is 3.04. The number of hydrogen-bond acceptors (Lipinski definition) is 1. The highest BCUT2D eigenvalue weighted by Gasteiger charge is 2.07. The molecular weight excluding hydrogens is 330 g/mol. The number of halogens is 1. The standard InChI is InChI=1S/C22H18ClNO/c23-19-9-4-8-18(14-19)15-24-13-12-20-21(24)10-5-11-22(20)25-16-17-6-2-1-3-7-17/h1-14H,15-16H2. The molecule has 0 amide bonds. The summed E-state index contributed by atoms with van der Waals surface area (Å²) in [6.07, 6.45) is 2.10. The Bertz CT molecular complexity index is 991. The van der Waals surface area contributed by atoms with Gasteiger partial charge in [-0.3, -0.25) is 0 Å². The number of rotatable bonds is 5. The fraction of sp³-hybridized carbons (Fsp3) is 0.0909. The lowest BCUT2D eigenvalue weighted by atomic mass is 10.2. The van der Waals surface area contributed by atoms with Crippen molar-refractivity contribution >= 4 is 22.5 Å². The topological polar surface area (TPSA) is 14.2 Å². The van der Waals surface area contributed by atoms with Gasteiger partial charge in [-0.2, -0.15) is 0 Å². The van der Waals surface area contributed by atoms with Crippen molar-refractivity contribution in [2.24, 2.45) is 0 Å². The summed E-state index contributed by atoms with van der Waals surface area (Å²) in [4.78, 5) is 0. The third-order valence-electron chi connectivity index (χ3n) is 4.25. The smallest absolute Gasteiger partial charge is 0.129 e. The molecule has 0 N–H and O–H groups in total. The van der Waals surface area contributed by atoms with Crippen molar-refractivity contribution in [2.45, 2.75) is 13.2 Å². The predicted octanol–water partition coefficient (Wildman–Crippen LogP) is 5.92. The number of hydrogen-bond donors (Lipinski definition) is 0. The Balaban J connectivity index is 1.59. The molecule has 0 unspecified atom stereocenters. The molecule has 3 aromatic carbocycles. The SMILES string of the molecule is Clc1cccc(Cn2ccc3c(OCc4ccccc4)cccc32)c1. The minimum atomic E-state index is 0.569. The van der Waals surface area contributed by atoms with E-state index in [1.807, 2.05) is 48.5 Å². The first-order chi connectivity index (χ1) is 12.3. The van der Waals surface area contributed by atoms with E-state index in [4.69, 9.17) is 16.3 Å². The molecule has 0 fully saturated rings. The van der Waals surface area contributed by atoms with Gasteiger partial charge in [-0.25, -0.2) is 0 Å². The second kappa shape index (κ2) is 7.04. The lowest BCUT2D eigenvalue weighted by molar-refractivity contribution is 0.310. The van der Waals surface area contributed by atoms with E-state index in [2.05, 4.69) is 41.1 Å². The Morgan fingerprint density at radius 1 is 0.800 bits per heavy atom. The van der Waals surface area contributed by atoms with Crippen LogP contribution in [0.4, 0.5) is 0 Å². The molecule has 1 aromatic heterocycles. The van der Waals surface area contributed by atoms with Crippen LogP contribution in [0.1, 0.15) is 11.1 Å². The van der Waals surface area contributed by atoms with Crippen LogP contribution in [0, 0.1) is 0 Å². The highest BCUT2D eigenvalue weighted by atomic mass is 35.5. The van der Waals surface area contributed by atoms with E-state index in [1.54, 1.807) is 0 Å². The van der Waals surface area contributed by atoms with Crippen molar-refractivity contribution in [3.63, 3.8) is 0 Å². The summed E-state index contributed by atoms with van der Waals surface area (Å²) in [7, 11) is 0. The quantitative estimate of drug-likeness (QED) is 0.437. The van der Waals surface area contributed by atoms with Gasteiger partial charge in [0.15, 0.2) is 0 Å². The molecule has 0 radical (unpaired) electrons. The molecular formula is C22H18ClNO. The number of aromatic nitrogens is 1. The second-order valence-electron chi connectivity index (χ2n) is 6.04. The molecule has 4 aromatic rings. The summed E-state index contributed by atoms with van der Waals surface area (Å²) < 4.78 is 8.27. The lowest BCUT2D eigenvalue weighted by Gasteiger charge is -2.09. The largest absolute Gasteiger partial charge is 0.488 e. The van der Waals surface area contributed by atoms with Crippen LogP contribution >= 0.6 is 11.6 Å². The minimum Gasteiger partial charge on any atom is -0.488 e. The third-order valence-corrected chi connectivity index (χ3v) is 4.49. The first-order valence-electron chi connectivity index (χ1n) is 8.28. The minimum absolute atomic E-state index is 0.569. The molecule has 0 bridgehead atoms. The van der Waals surface area contributed by atoms with Crippen LogP contribution < -0.4 is 4.74 Å². The molecule has 4 rings (SSSR count). The van der Waals surface area contributed by atoms with Gasteiger partial charge in [0.1, 0.15) is 12.4 Å². The number of benzene rings is 3. The van der Waals surface area contributed by atoms with E-state index >= 15 is 0 Å². The molecule has 0 saturated carbocycles. The van der Waals surface area contributed by atoms with Crippen LogP contribution in [0.5, 0.6) is 5.75 Å². The summed E-state index contributed by atoms with van der Waals surface area (Å²) >= 11 is 6.10. The molecule has 2 nitrogen and oxygen atoms in total. The maximum absolute atomic E-state index is 6.10. The molecule has 0 spiro atoms. The summed E-state index contributed by atoms with van der Waals surface area (Å²) in [5.41, 5.74) is 3.50. The fourth-order valence-corrected chi connectivity index (χ4v) is 3.24. The van der Waals surface area contributed by atoms with Crippen molar-refractivity contribution in [2.75, 3.05) is 0 Å². The Morgan fingerprint density at radius 3 is 2.44 bits per heavy atom. The molecule has 1 heterocycles. The molecule has 124 valence electrons. The maximum Gasteiger partial charge on any atom is 0.129 e. The van der Waals surface area contributed by atoms with E-state index in [-0.39, 0.29) is 0 Å². The Kier molecular flexibility index (Phi) is 4.45. The Morgan fingerprint density at radius 2 is 1.60 bits per heavy atom. The zero-order valence-corrected chi connectivity index (χ0v) is 14.5. The fourth-order valence-electron chi connectivity index (χ4n) is 3.03. The van der Waals surface area contributed by atoms with Crippen LogP contribution in [0.25, 0.3) is 10.9 Å². The van der Waals surface area contributed by atoms with Gasteiger partial charge in [-0.15, -0.1) is 0 Å². The van der Waals surface area contributed by atoms with Gasteiger partial charge in [0.2, 0.25) is 0 Å². The molecule has 3 heteroatoms. The highest BCUT2D eigenvalue weighted by molar-refractivity contribution is 6.30. The summed E-state index contributed by atoms with van der Waals surface area (Å²) in [6, 6.07) is 26.5. The monoisotopic (exact) mass is 347 g/mol. The zero-order chi connectivity index (χ0) is 17.1. The van der Waals surface area contributed by atoms with Crippen LogP contribution in [-0.2, 0) is 13.2 Å². The predicted molar refractivity (Wildman–Crippen MR) is 103 cm³/mol. The van der Waals surface area contributed by atoms with Gasteiger partial charge >= 0.3 is 0 Å². The Labute approximate surface area is 152 Å². The van der Waals surface area contributed by atoms with E-state index < -0.39 is 0 Å². The average molecular weight is 348 g/mol. The Hall–Kier alpha value is -2.71. The van der Waals surface area contributed by atoms with Crippen molar-refractivity contribution < 1.29 is 4.74 Å². The summed E-state index contributed by atoms with van der Waals surface area (Å²) in [5, 5.41) is 1.89. The van der Waals surface area contributed by atoms with Gasteiger partial charge < -0.3 is 9.30 Å². The van der Waals surface area contributed by atoms with Crippen molar-refractivity contribution in [1.29, 1.82) is 0 Å². The van der Waals surface area contributed by atoms with Gasteiger partial charge in [0.25, 0.3) is 0 Å². The molecule has 0 aliphatic rings. The lowest BCUT2D eigenvalue weighted by Crippen LogP contribution is -1.98. The van der Waals surface area contributed by atoms with Crippen molar-refractivity contribution in [1.82, 2.24) is 4.57 Å². The first-order valence-corrected chi connectivity index (χ1v) is 8.66. The normalized spacial score (nSPS) is 10.9. The van der Waals surface area contributed by atoms with Gasteiger partial charge in [0.05, 0.1) is 5.52 Å². The van der Waals surface area contributed by atoms with E-state index in [1.165, 1.54) is 5.56 Å². The summed E-state index contributed by atoms with van der Waals surface area (Å²) in [6.45, 7) is 1.35. The van der Waals surface area contributed by atoms with Crippen LogP contribution in [-0.4, -0.2) is 4.57 Å². The maximum atomic E-state index is 6.10. The number of ether oxygens (including phenoxy) is 1. The van der Waals surface area contributed by atoms with Crippen LogP contribution in [0.3, 0.4) is 0 Å². The van der Waals surface area contributed by atoms with E-state index in [9.17, 15) is 0 Å². The highest BCUT2D eigenvalue weighted by Crippen LogP contribution is 2.28. The molecule has 0 aliphatic heterocycles. The molecule has 0 atom stereocenters. The molecule has 0 aliphatic carbocycles. The summed E-state index contributed by atoms with van der Waals surface area (Å²) in [5.74, 6) is 0.909. The molecule has 0 saturated heterocycles. The number of fused-ring (bicyclic) bond motifs is 1. The van der Waals surface area contributed by atoms with Crippen LogP contribution in [0.2, 0.25) is 5.02 Å². The van der Waals surface area contributed by atoms with Crippen LogP contribution in [0.15, 0.2) is 85.1 Å². The zero-order valence-electron chi connectivity index (χ0n) is 13.7. The van der Waals surface area contributed by atoms with Gasteiger partial charge in [-0.05, 0) is 41.5 Å². The van der Waals surface area contributed by atoms with Crippen molar-refractivity contribution in [3.05, 3.63) is 101 Å². The first kappa shape index (κ1) is 15.8.